The van der Waals surface area contributed by atoms with Crippen molar-refractivity contribution in [2.75, 3.05) is 5.32 Å². The van der Waals surface area contributed by atoms with E-state index in [1.165, 1.54) is 0 Å². The number of nitrogens with zero attached hydrogens (tertiary/aromatic N) is 3. The minimum atomic E-state index is -0.231. The third kappa shape index (κ3) is 2.52. The quantitative estimate of drug-likeness (QED) is 0.799. The van der Waals surface area contributed by atoms with Crippen LogP contribution in [0.3, 0.4) is 0 Å². The van der Waals surface area contributed by atoms with Gasteiger partial charge in [0, 0.05) is 12.3 Å². The molecule has 0 aliphatic heterocycles. The second-order valence-electron chi connectivity index (χ2n) is 4.86. The second kappa shape index (κ2) is 5.40. The van der Waals surface area contributed by atoms with Gasteiger partial charge in [-0.2, -0.15) is 0 Å². The molecule has 0 atom stereocenters. The molecule has 108 valence electrons. The molecule has 1 amide bonds. The third-order valence-electron chi connectivity index (χ3n) is 3.17. The van der Waals surface area contributed by atoms with Crippen molar-refractivity contribution in [3.05, 3.63) is 47.6 Å². The largest absolute Gasteiger partial charge is 0.360 e. The average molecular weight is 284 g/mol. The maximum Gasteiger partial charge on any atom is 0.275 e. The Labute approximate surface area is 121 Å². The standard InChI is InChI=1S/C15H16N4O2/c1-3-6-11-14(19-8-5-4-7-13(19)16-11)15(20)17-12-9-10(2)21-18-12/h4-5,7-9H,3,6H2,1-2H3,(H,17,18,20). The summed E-state index contributed by atoms with van der Waals surface area (Å²) in [5.74, 6) is 0.827. The number of anilines is 1. The van der Waals surface area contributed by atoms with Crippen molar-refractivity contribution in [2.45, 2.75) is 26.7 Å². The lowest BCUT2D eigenvalue weighted by Crippen LogP contribution is -2.16. The smallest absolute Gasteiger partial charge is 0.275 e. The van der Waals surface area contributed by atoms with Gasteiger partial charge in [0.05, 0.1) is 5.69 Å². The molecular formula is C15H16N4O2. The Balaban J connectivity index is 2.01. The molecule has 3 aromatic heterocycles. The van der Waals surface area contributed by atoms with Gasteiger partial charge >= 0.3 is 0 Å². The lowest BCUT2D eigenvalue weighted by molar-refractivity contribution is 0.101. The van der Waals surface area contributed by atoms with Crippen LogP contribution in [0.4, 0.5) is 5.82 Å². The first-order valence-corrected chi connectivity index (χ1v) is 6.89. The molecule has 3 rings (SSSR count). The number of pyridine rings is 1. The van der Waals surface area contributed by atoms with Crippen LogP contribution in [-0.4, -0.2) is 20.4 Å². The topological polar surface area (TPSA) is 72.4 Å². The molecule has 0 radical (unpaired) electrons. The summed E-state index contributed by atoms with van der Waals surface area (Å²) >= 11 is 0. The third-order valence-corrected chi connectivity index (χ3v) is 3.17. The number of carbonyl (C=O) groups excluding carboxylic acids is 1. The van der Waals surface area contributed by atoms with Gasteiger partial charge in [-0.25, -0.2) is 4.98 Å². The second-order valence-corrected chi connectivity index (χ2v) is 4.86. The van der Waals surface area contributed by atoms with E-state index in [2.05, 4.69) is 22.4 Å². The normalized spacial score (nSPS) is 11.0. The number of rotatable bonds is 4. The minimum Gasteiger partial charge on any atom is -0.360 e. The van der Waals surface area contributed by atoms with E-state index in [0.29, 0.717) is 17.3 Å². The Morgan fingerprint density at radius 3 is 3.00 bits per heavy atom. The van der Waals surface area contributed by atoms with Gasteiger partial charge in [-0.3, -0.25) is 9.20 Å². The van der Waals surface area contributed by atoms with Crippen LogP contribution < -0.4 is 5.32 Å². The fourth-order valence-corrected chi connectivity index (χ4v) is 2.30. The number of imidazole rings is 1. The minimum absolute atomic E-state index is 0.231. The van der Waals surface area contributed by atoms with Crippen LogP contribution in [0.5, 0.6) is 0 Å². The van der Waals surface area contributed by atoms with E-state index in [1.807, 2.05) is 24.4 Å². The summed E-state index contributed by atoms with van der Waals surface area (Å²) in [5.41, 5.74) is 2.11. The predicted octanol–water partition coefficient (Wildman–Crippen LogP) is 2.84. The Morgan fingerprint density at radius 2 is 2.29 bits per heavy atom. The molecule has 0 aliphatic carbocycles. The molecule has 0 spiro atoms. The van der Waals surface area contributed by atoms with Crippen LogP contribution in [0.25, 0.3) is 5.65 Å². The fraction of sp³-hybridized carbons (Fsp3) is 0.267. The monoisotopic (exact) mass is 284 g/mol. The number of fused-ring (bicyclic) bond motifs is 1. The van der Waals surface area contributed by atoms with Crippen molar-refractivity contribution in [1.29, 1.82) is 0 Å². The van der Waals surface area contributed by atoms with Crippen LogP contribution in [0, 0.1) is 6.92 Å². The Bertz CT molecular complexity index is 788. The number of aromatic nitrogens is 3. The van der Waals surface area contributed by atoms with Crippen molar-refractivity contribution in [3.8, 4) is 0 Å². The van der Waals surface area contributed by atoms with Crippen LogP contribution in [0.2, 0.25) is 0 Å². The van der Waals surface area contributed by atoms with E-state index in [1.54, 1.807) is 17.4 Å². The first kappa shape index (κ1) is 13.4. The zero-order valence-corrected chi connectivity index (χ0v) is 12.0. The van der Waals surface area contributed by atoms with Gasteiger partial charge in [-0.05, 0) is 25.5 Å². The highest BCUT2D eigenvalue weighted by Gasteiger charge is 2.19. The van der Waals surface area contributed by atoms with E-state index in [9.17, 15) is 4.79 Å². The highest BCUT2D eigenvalue weighted by Crippen LogP contribution is 2.17. The summed E-state index contributed by atoms with van der Waals surface area (Å²) < 4.78 is 6.76. The van der Waals surface area contributed by atoms with Crippen molar-refractivity contribution < 1.29 is 9.32 Å². The van der Waals surface area contributed by atoms with E-state index in [0.717, 1.165) is 24.2 Å². The summed E-state index contributed by atoms with van der Waals surface area (Å²) in [7, 11) is 0. The average Bonchev–Trinajstić information content (AvgIpc) is 3.02. The van der Waals surface area contributed by atoms with Gasteiger partial charge in [0.2, 0.25) is 0 Å². The summed E-state index contributed by atoms with van der Waals surface area (Å²) in [6.45, 7) is 3.84. The maximum atomic E-state index is 12.5. The predicted molar refractivity (Wildman–Crippen MR) is 78.4 cm³/mol. The molecule has 0 bridgehead atoms. The summed E-state index contributed by atoms with van der Waals surface area (Å²) in [5, 5.41) is 6.54. The summed E-state index contributed by atoms with van der Waals surface area (Å²) in [4.78, 5) is 17.1. The SMILES string of the molecule is CCCc1nc2ccccn2c1C(=O)Nc1cc(C)on1. The van der Waals surface area contributed by atoms with E-state index in [4.69, 9.17) is 4.52 Å². The van der Waals surface area contributed by atoms with Gasteiger partial charge in [0.25, 0.3) is 5.91 Å². The van der Waals surface area contributed by atoms with Gasteiger partial charge in [0.15, 0.2) is 5.82 Å². The molecule has 6 heteroatoms. The summed E-state index contributed by atoms with van der Waals surface area (Å²) in [6.07, 6.45) is 3.51. The molecule has 0 aromatic carbocycles. The van der Waals surface area contributed by atoms with Gasteiger partial charge in [-0.1, -0.05) is 24.6 Å². The fourth-order valence-electron chi connectivity index (χ4n) is 2.30. The molecule has 3 aromatic rings. The molecule has 0 fully saturated rings. The number of amides is 1. The number of aryl methyl sites for hydroxylation is 2. The summed E-state index contributed by atoms with van der Waals surface area (Å²) in [6, 6.07) is 7.35. The zero-order valence-electron chi connectivity index (χ0n) is 12.0. The van der Waals surface area contributed by atoms with Crippen LogP contribution in [-0.2, 0) is 6.42 Å². The molecule has 21 heavy (non-hydrogen) atoms. The highest BCUT2D eigenvalue weighted by molar-refractivity contribution is 6.04. The van der Waals surface area contributed by atoms with Crippen LogP contribution in [0.15, 0.2) is 35.0 Å². The van der Waals surface area contributed by atoms with Gasteiger partial charge < -0.3 is 9.84 Å². The number of hydrogen-bond donors (Lipinski definition) is 1. The van der Waals surface area contributed by atoms with Crippen LogP contribution >= 0.6 is 0 Å². The molecule has 0 saturated heterocycles. The first-order chi connectivity index (χ1) is 10.2. The Kier molecular flexibility index (Phi) is 3.43. The first-order valence-electron chi connectivity index (χ1n) is 6.89. The van der Waals surface area contributed by atoms with Crippen molar-refractivity contribution >= 4 is 17.4 Å². The van der Waals surface area contributed by atoms with E-state index >= 15 is 0 Å². The van der Waals surface area contributed by atoms with Gasteiger partial charge in [-0.15, -0.1) is 0 Å². The molecule has 3 heterocycles. The lowest BCUT2D eigenvalue weighted by Gasteiger charge is -2.04. The molecule has 0 unspecified atom stereocenters. The van der Waals surface area contributed by atoms with Crippen molar-refractivity contribution in [3.63, 3.8) is 0 Å². The van der Waals surface area contributed by atoms with E-state index < -0.39 is 0 Å². The molecule has 0 saturated carbocycles. The zero-order chi connectivity index (χ0) is 14.8. The number of hydrogen-bond acceptors (Lipinski definition) is 4. The van der Waals surface area contributed by atoms with Crippen molar-refractivity contribution in [2.24, 2.45) is 0 Å². The number of carbonyl (C=O) groups is 1. The number of nitrogens with one attached hydrogen (secondary N) is 1. The van der Waals surface area contributed by atoms with Crippen molar-refractivity contribution in [1.82, 2.24) is 14.5 Å². The van der Waals surface area contributed by atoms with E-state index in [-0.39, 0.29) is 5.91 Å². The molecule has 1 N–H and O–H groups in total. The maximum absolute atomic E-state index is 12.5. The Morgan fingerprint density at radius 1 is 1.43 bits per heavy atom. The molecule has 0 aliphatic rings. The highest BCUT2D eigenvalue weighted by atomic mass is 16.5. The molecule has 6 nitrogen and oxygen atoms in total. The lowest BCUT2D eigenvalue weighted by atomic mass is 10.2. The van der Waals surface area contributed by atoms with Gasteiger partial charge in [0.1, 0.15) is 17.1 Å². The molecular weight excluding hydrogens is 268 g/mol. The van der Waals surface area contributed by atoms with Crippen LogP contribution in [0.1, 0.15) is 35.3 Å². The Hall–Kier alpha value is -2.63.